The van der Waals surface area contributed by atoms with Gasteiger partial charge in [-0.3, -0.25) is 14.5 Å². The lowest BCUT2D eigenvalue weighted by atomic mass is 10.1. The maximum absolute atomic E-state index is 12.9. The van der Waals surface area contributed by atoms with E-state index < -0.39 is 5.97 Å². The van der Waals surface area contributed by atoms with Gasteiger partial charge in [-0.2, -0.15) is 5.10 Å². The highest BCUT2D eigenvalue weighted by Crippen LogP contribution is 2.35. The number of thiocarbonyl (C=S) groups is 1. The van der Waals surface area contributed by atoms with Crippen molar-refractivity contribution in [2.75, 3.05) is 13.2 Å². The van der Waals surface area contributed by atoms with E-state index in [2.05, 4.69) is 6.92 Å². The molecule has 2 aromatic carbocycles. The predicted molar refractivity (Wildman–Crippen MR) is 142 cm³/mol. The van der Waals surface area contributed by atoms with Crippen LogP contribution in [0.4, 0.5) is 0 Å². The standard InChI is InChI=1S/C26H25N3O4S2/c1-2-3-15-33-21-11-9-18(10-12-21)24-19(17-29(27-24)20-7-5-4-6-8-20)16-22-25(32)28(26(34)35-22)14-13-23(30)31/h4-12,16-17H,2-3,13-15H2,1H3,(H,30,31)/b22-16-. The molecule has 2 heterocycles. The molecule has 0 radical (unpaired) electrons. The maximum Gasteiger partial charge on any atom is 0.305 e. The number of benzene rings is 2. The summed E-state index contributed by atoms with van der Waals surface area (Å²) < 4.78 is 7.91. The van der Waals surface area contributed by atoms with Gasteiger partial charge < -0.3 is 9.84 Å². The number of carboxylic acids is 1. The third-order valence-electron chi connectivity index (χ3n) is 5.37. The number of para-hydroxylation sites is 1. The molecule has 3 aromatic rings. The molecule has 35 heavy (non-hydrogen) atoms. The van der Waals surface area contributed by atoms with E-state index in [-0.39, 0.29) is 18.9 Å². The smallest absolute Gasteiger partial charge is 0.305 e. The normalized spacial score (nSPS) is 14.7. The number of aliphatic carboxylic acids is 1. The van der Waals surface area contributed by atoms with Gasteiger partial charge in [-0.15, -0.1) is 0 Å². The fourth-order valence-corrected chi connectivity index (χ4v) is 4.81. The quantitative estimate of drug-likeness (QED) is 0.224. The number of aromatic nitrogens is 2. The number of hydrogen-bond donors (Lipinski definition) is 1. The summed E-state index contributed by atoms with van der Waals surface area (Å²) in [6.45, 7) is 2.84. The highest BCUT2D eigenvalue weighted by atomic mass is 32.2. The number of carbonyl (C=O) groups is 2. The predicted octanol–water partition coefficient (Wildman–Crippen LogP) is 5.39. The van der Waals surface area contributed by atoms with Crippen molar-refractivity contribution in [2.45, 2.75) is 26.2 Å². The van der Waals surface area contributed by atoms with E-state index in [4.69, 9.17) is 27.2 Å². The van der Waals surface area contributed by atoms with Gasteiger partial charge in [-0.05, 0) is 48.9 Å². The zero-order valence-corrected chi connectivity index (χ0v) is 20.8. The van der Waals surface area contributed by atoms with Crippen molar-refractivity contribution in [1.29, 1.82) is 0 Å². The Morgan fingerprint density at radius 2 is 1.91 bits per heavy atom. The number of carbonyl (C=O) groups excluding carboxylic acids is 1. The van der Waals surface area contributed by atoms with Crippen LogP contribution in [0.2, 0.25) is 0 Å². The number of rotatable bonds is 10. The van der Waals surface area contributed by atoms with Crippen molar-refractivity contribution in [1.82, 2.24) is 14.7 Å². The Balaban J connectivity index is 1.67. The third kappa shape index (κ3) is 5.98. The van der Waals surface area contributed by atoms with E-state index in [1.807, 2.05) is 60.8 Å². The van der Waals surface area contributed by atoms with Crippen LogP contribution in [0.3, 0.4) is 0 Å². The van der Waals surface area contributed by atoms with E-state index in [1.54, 1.807) is 10.8 Å². The highest BCUT2D eigenvalue weighted by molar-refractivity contribution is 8.26. The Bertz CT molecular complexity index is 1250. The second-order valence-electron chi connectivity index (χ2n) is 7.92. The van der Waals surface area contributed by atoms with E-state index in [9.17, 15) is 9.59 Å². The summed E-state index contributed by atoms with van der Waals surface area (Å²) in [4.78, 5) is 25.7. The first kappa shape index (κ1) is 24.7. The summed E-state index contributed by atoms with van der Waals surface area (Å²) in [5, 5.41) is 13.8. The lowest BCUT2D eigenvalue weighted by molar-refractivity contribution is -0.137. The molecule has 1 N–H and O–H groups in total. The van der Waals surface area contributed by atoms with Gasteiger partial charge in [0.05, 0.1) is 29.3 Å². The summed E-state index contributed by atoms with van der Waals surface area (Å²) in [6, 6.07) is 17.5. The lowest BCUT2D eigenvalue weighted by Gasteiger charge is -2.12. The number of amides is 1. The molecule has 0 saturated carbocycles. The summed E-state index contributed by atoms with van der Waals surface area (Å²) in [6.07, 6.45) is 5.55. The number of nitrogens with zero attached hydrogens (tertiary/aromatic N) is 3. The minimum Gasteiger partial charge on any atom is -0.494 e. The molecule has 0 aliphatic carbocycles. The molecule has 1 aliphatic heterocycles. The van der Waals surface area contributed by atoms with Crippen molar-refractivity contribution in [3.63, 3.8) is 0 Å². The van der Waals surface area contributed by atoms with E-state index in [0.717, 1.165) is 35.4 Å². The third-order valence-corrected chi connectivity index (χ3v) is 6.74. The Morgan fingerprint density at radius 1 is 1.17 bits per heavy atom. The molecule has 4 rings (SSSR count). The van der Waals surface area contributed by atoms with E-state index in [0.29, 0.717) is 21.5 Å². The van der Waals surface area contributed by atoms with Crippen molar-refractivity contribution in [2.24, 2.45) is 0 Å². The van der Waals surface area contributed by atoms with Crippen LogP contribution >= 0.6 is 24.0 Å². The van der Waals surface area contributed by atoms with Gasteiger partial charge >= 0.3 is 5.97 Å². The molecular weight excluding hydrogens is 482 g/mol. The maximum atomic E-state index is 12.9. The SMILES string of the molecule is CCCCOc1ccc(-c2nn(-c3ccccc3)cc2/C=C2\SC(=S)N(CCC(=O)O)C2=O)cc1. The number of unbranched alkanes of at least 4 members (excludes halogenated alkanes) is 1. The van der Waals surface area contributed by atoms with Crippen LogP contribution in [0, 0.1) is 0 Å². The zero-order chi connectivity index (χ0) is 24.8. The van der Waals surface area contributed by atoms with Crippen molar-refractivity contribution in [3.8, 4) is 22.7 Å². The molecule has 0 atom stereocenters. The van der Waals surface area contributed by atoms with Gasteiger partial charge in [0, 0.05) is 23.9 Å². The van der Waals surface area contributed by atoms with Crippen LogP contribution in [0.25, 0.3) is 23.0 Å². The minimum atomic E-state index is -0.975. The molecule has 0 spiro atoms. The first-order valence-corrected chi connectivity index (χ1v) is 12.5. The first-order chi connectivity index (χ1) is 17.0. The largest absolute Gasteiger partial charge is 0.494 e. The van der Waals surface area contributed by atoms with Gasteiger partial charge in [0.1, 0.15) is 10.1 Å². The number of thioether (sulfide) groups is 1. The Morgan fingerprint density at radius 3 is 2.60 bits per heavy atom. The first-order valence-electron chi connectivity index (χ1n) is 11.3. The molecule has 1 aromatic heterocycles. The molecule has 0 bridgehead atoms. The van der Waals surface area contributed by atoms with E-state index in [1.165, 1.54) is 16.7 Å². The Kier molecular flexibility index (Phi) is 7.99. The fourth-order valence-electron chi connectivity index (χ4n) is 3.52. The topological polar surface area (TPSA) is 84.7 Å². The van der Waals surface area contributed by atoms with Gasteiger partial charge in [0.15, 0.2) is 0 Å². The van der Waals surface area contributed by atoms with Crippen molar-refractivity contribution >= 4 is 46.3 Å². The van der Waals surface area contributed by atoms with Crippen molar-refractivity contribution in [3.05, 3.63) is 71.3 Å². The molecule has 1 aliphatic rings. The summed E-state index contributed by atoms with van der Waals surface area (Å²) in [5.41, 5.74) is 3.24. The number of carboxylic acid groups (broad SMARTS) is 1. The van der Waals surface area contributed by atoms with Crippen LogP contribution in [-0.2, 0) is 9.59 Å². The summed E-state index contributed by atoms with van der Waals surface area (Å²) >= 11 is 6.50. The van der Waals surface area contributed by atoms with Gasteiger partial charge in [0.2, 0.25) is 0 Å². The van der Waals surface area contributed by atoms with Gasteiger partial charge in [0.25, 0.3) is 5.91 Å². The molecule has 0 unspecified atom stereocenters. The highest BCUT2D eigenvalue weighted by Gasteiger charge is 2.32. The minimum absolute atomic E-state index is 0.0486. The average Bonchev–Trinajstić information content (AvgIpc) is 3.39. The average molecular weight is 508 g/mol. The van der Waals surface area contributed by atoms with Gasteiger partial charge in [-0.1, -0.05) is 55.5 Å². The van der Waals surface area contributed by atoms with Crippen LogP contribution in [0.1, 0.15) is 31.7 Å². The summed E-state index contributed by atoms with van der Waals surface area (Å²) in [7, 11) is 0. The fraction of sp³-hybridized carbons (Fsp3) is 0.231. The second-order valence-corrected chi connectivity index (χ2v) is 9.59. The molecule has 1 fully saturated rings. The van der Waals surface area contributed by atoms with Gasteiger partial charge in [-0.25, -0.2) is 4.68 Å². The molecule has 180 valence electrons. The van der Waals surface area contributed by atoms with Crippen molar-refractivity contribution < 1.29 is 19.4 Å². The van der Waals surface area contributed by atoms with Crippen LogP contribution in [0.15, 0.2) is 65.7 Å². The zero-order valence-electron chi connectivity index (χ0n) is 19.2. The number of ether oxygens (including phenoxy) is 1. The second kappa shape index (κ2) is 11.3. The number of hydrogen-bond acceptors (Lipinski definition) is 6. The molecular formula is C26H25N3O4S2. The Labute approximate surface area is 213 Å². The van der Waals surface area contributed by atoms with Crippen LogP contribution in [0.5, 0.6) is 5.75 Å². The molecule has 1 saturated heterocycles. The van der Waals surface area contributed by atoms with E-state index >= 15 is 0 Å². The Hall–Kier alpha value is -3.43. The molecule has 7 nitrogen and oxygen atoms in total. The van der Waals surface area contributed by atoms with Crippen LogP contribution in [-0.4, -0.2) is 49.1 Å². The molecule has 9 heteroatoms. The lowest BCUT2D eigenvalue weighted by Crippen LogP contribution is -2.30. The van der Waals surface area contributed by atoms with Crippen LogP contribution < -0.4 is 4.74 Å². The summed E-state index contributed by atoms with van der Waals surface area (Å²) in [5.74, 6) is -0.471. The monoisotopic (exact) mass is 507 g/mol. The molecule has 1 amide bonds.